The second-order valence-corrected chi connectivity index (χ2v) is 8.17. The lowest BCUT2D eigenvalue weighted by Gasteiger charge is -2.18. The highest BCUT2D eigenvalue weighted by atomic mass is 35.5. The van der Waals surface area contributed by atoms with Crippen LogP contribution in [0.25, 0.3) is 10.9 Å². The Morgan fingerprint density at radius 2 is 1.79 bits per heavy atom. The molecule has 7 nitrogen and oxygen atoms in total. The minimum Gasteiger partial charge on any atom is -0.447 e. The summed E-state index contributed by atoms with van der Waals surface area (Å²) in [4.78, 5) is 45.0. The van der Waals surface area contributed by atoms with Crippen LogP contribution < -0.4 is 10.9 Å². The van der Waals surface area contributed by atoms with Gasteiger partial charge >= 0.3 is 5.97 Å². The number of nitrogens with zero attached hydrogens (tertiary/aromatic N) is 1. The standard InChI is InChI=1S/C26H22ClN3O4/c1-16-11-12-18(15-20(16)27)28-26(33)24(17-7-3-2-4-8-17)34-23(31)14-13-22-29-21-10-6-5-9-19(21)25(32)30-22/h2-12,15,24H,13-14H2,1H3,(H,28,33)(H,29,30,32). The third-order valence-corrected chi connectivity index (χ3v) is 5.66. The van der Waals surface area contributed by atoms with Crippen molar-refractivity contribution in [3.8, 4) is 0 Å². The van der Waals surface area contributed by atoms with Crippen molar-refractivity contribution >= 4 is 40.1 Å². The van der Waals surface area contributed by atoms with Gasteiger partial charge in [-0.3, -0.25) is 14.4 Å². The van der Waals surface area contributed by atoms with Gasteiger partial charge in [0.2, 0.25) is 6.10 Å². The first-order valence-corrected chi connectivity index (χ1v) is 11.1. The molecule has 0 spiro atoms. The molecule has 8 heteroatoms. The molecule has 0 saturated heterocycles. The van der Waals surface area contributed by atoms with E-state index in [0.29, 0.717) is 33.0 Å². The summed E-state index contributed by atoms with van der Waals surface area (Å²) in [6, 6.07) is 20.9. The number of aryl methyl sites for hydroxylation is 2. The summed E-state index contributed by atoms with van der Waals surface area (Å²) in [5.74, 6) is -0.728. The number of benzene rings is 3. The summed E-state index contributed by atoms with van der Waals surface area (Å²) >= 11 is 6.16. The highest BCUT2D eigenvalue weighted by molar-refractivity contribution is 6.31. The van der Waals surface area contributed by atoms with E-state index in [1.54, 1.807) is 66.7 Å². The number of esters is 1. The number of carbonyl (C=O) groups excluding carboxylic acids is 2. The highest BCUT2D eigenvalue weighted by Gasteiger charge is 2.25. The Balaban J connectivity index is 1.48. The second kappa shape index (κ2) is 10.3. The Morgan fingerprint density at radius 3 is 2.56 bits per heavy atom. The van der Waals surface area contributed by atoms with E-state index in [1.165, 1.54) is 0 Å². The van der Waals surface area contributed by atoms with E-state index in [-0.39, 0.29) is 18.4 Å². The van der Waals surface area contributed by atoms with E-state index in [2.05, 4.69) is 15.3 Å². The van der Waals surface area contributed by atoms with Gasteiger partial charge in [-0.15, -0.1) is 0 Å². The predicted octanol–water partition coefficient (Wildman–Crippen LogP) is 4.74. The molecule has 1 heterocycles. The van der Waals surface area contributed by atoms with Crippen molar-refractivity contribution in [3.63, 3.8) is 0 Å². The van der Waals surface area contributed by atoms with Gasteiger partial charge in [-0.2, -0.15) is 0 Å². The molecule has 3 aromatic carbocycles. The fraction of sp³-hybridized carbons (Fsp3) is 0.154. The number of hydrogen-bond acceptors (Lipinski definition) is 5. The van der Waals surface area contributed by atoms with Crippen molar-refractivity contribution in [2.75, 3.05) is 5.32 Å². The van der Waals surface area contributed by atoms with Gasteiger partial charge in [-0.25, -0.2) is 4.98 Å². The molecular formula is C26H22ClN3O4. The maximum Gasteiger partial charge on any atom is 0.307 e. The molecule has 0 radical (unpaired) electrons. The lowest BCUT2D eigenvalue weighted by molar-refractivity contribution is -0.154. The van der Waals surface area contributed by atoms with Gasteiger partial charge in [0.25, 0.3) is 11.5 Å². The molecule has 172 valence electrons. The zero-order valence-electron chi connectivity index (χ0n) is 18.4. The average molecular weight is 476 g/mol. The van der Waals surface area contributed by atoms with E-state index in [1.807, 2.05) is 13.0 Å². The Morgan fingerprint density at radius 1 is 1.06 bits per heavy atom. The van der Waals surface area contributed by atoms with Crippen molar-refractivity contribution in [2.45, 2.75) is 25.9 Å². The first-order valence-electron chi connectivity index (χ1n) is 10.7. The number of nitrogens with one attached hydrogen (secondary N) is 2. The first-order chi connectivity index (χ1) is 16.4. The van der Waals surface area contributed by atoms with Gasteiger partial charge in [0.05, 0.1) is 17.3 Å². The maximum atomic E-state index is 13.0. The number of anilines is 1. The van der Waals surface area contributed by atoms with Gasteiger partial charge in [-0.1, -0.05) is 60.1 Å². The van der Waals surface area contributed by atoms with Crippen LogP contribution in [-0.4, -0.2) is 21.8 Å². The average Bonchev–Trinajstić information content (AvgIpc) is 2.84. The summed E-state index contributed by atoms with van der Waals surface area (Å²) in [7, 11) is 0. The normalized spacial score (nSPS) is 11.7. The highest BCUT2D eigenvalue weighted by Crippen LogP contribution is 2.24. The van der Waals surface area contributed by atoms with Crippen LogP contribution in [0.5, 0.6) is 0 Å². The predicted molar refractivity (Wildman–Crippen MR) is 131 cm³/mol. The van der Waals surface area contributed by atoms with Crippen molar-refractivity contribution in [1.29, 1.82) is 0 Å². The van der Waals surface area contributed by atoms with Crippen LogP contribution in [-0.2, 0) is 20.7 Å². The largest absolute Gasteiger partial charge is 0.447 e. The van der Waals surface area contributed by atoms with Gasteiger partial charge < -0.3 is 15.0 Å². The first kappa shape index (κ1) is 23.2. The smallest absolute Gasteiger partial charge is 0.307 e. The summed E-state index contributed by atoms with van der Waals surface area (Å²) in [6.45, 7) is 1.86. The quantitative estimate of drug-likeness (QED) is 0.376. The van der Waals surface area contributed by atoms with Gasteiger partial charge in [0.15, 0.2) is 0 Å². The zero-order chi connectivity index (χ0) is 24.1. The SMILES string of the molecule is Cc1ccc(NC(=O)C(OC(=O)CCc2nc3ccccc3c(=O)[nH]2)c2ccccc2)cc1Cl. The molecule has 0 aliphatic heterocycles. The lowest BCUT2D eigenvalue weighted by Crippen LogP contribution is -2.26. The third kappa shape index (κ3) is 5.50. The summed E-state index contributed by atoms with van der Waals surface area (Å²) in [5.41, 5.74) is 2.19. The molecule has 2 N–H and O–H groups in total. The van der Waals surface area contributed by atoms with Crippen molar-refractivity contribution in [3.05, 3.63) is 105 Å². The Bertz CT molecular complexity index is 1400. The molecule has 1 aromatic heterocycles. The number of halogens is 1. The van der Waals surface area contributed by atoms with Crippen LogP contribution in [0.1, 0.15) is 29.5 Å². The number of hydrogen-bond donors (Lipinski definition) is 2. The van der Waals surface area contributed by atoms with Gasteiger partial charge in [0.1, 0.15) is 5.82 Å². The van der Waals surface area contributed by atoms with Crippen LogP contribution in [0.2, 0.25) is 5.02 Å². The number of H-pyrrole nitrogens is 1. The zero-order valence-corrected chi connectivity index (χ0v) is 19.1. The monoisotopic (exact) mass is 475 g/mol. The molecule has 1 atom stereocenters. The van der Waals surface area contributed by atoms with Crippen molar-refractivity contribution in [2.24, 2.45) is 0 Å². The topological polar surface area (TPSA) is 101 Å². The minimum absolute atomic E-state index is 0.0613. The van der Waals surface area contributed by atoms with Crippen LogP contribution in [0.3, 0.4) is 0 Å². The molecule has 1 amide bonds. The Labute approximate surface area is 200 Å². The lowest BCUT2D eigenvalue weighted by atomic mass is 10.1. The third-order valence-electron chi connectivity index (χ3n) is 5.26. The van der Waals surface area contributed by atoms with Crippen LogP contribution in [0.15, 0.2) is 77.6 Å². The van der Waals surface area contributed by atoms with E-state index in [9.17, 15) is 14.4 Å². The molecular weight excluding hydrogens is 454 g/mol. The number of carbonyl (C=O) groups is 2. The van der Waals surface area contributed by atoms with Crippen LogP contribution >= 0.6 is 11.6 Å². The van der Waals surface area contributed by atoms with Crippen LogP contribution in [0.4, 0.5) is 5.69 Å². The summed E-state index contributed by atoms with van der Waals surface area (Å²) in [5, 5.41) is 3.75. The van der Waals surface area contributed by atoms with E-state index in [4.69, 9.17) is 16.3 Å². The molecule has 0 aliphatic rings. The molecule has 0 bridgehead atoms. The van der Waals surface area contributed by atoms with E-state index in [0.717, 1.165) is 5.56 Å². The van der Waals surface area contributed by atoms with Crippen molar-refractivity contribution in [1.82, 2.24) is 9.97 Å². The molecule has 0 fully saturated rings. The van der Waals surface area contributed by atoms with E-state index >= 15 is 0 Å². The Hall–Kier alpha value is -3.97. The molecule has 4 rings (SSSR count). The number of fused-ring (bicyclic) bond motifs is 1. The van der Waals surface area contributed by atoms with Gasteiger partial charge in [0, 0.05) is 22.7 Å². The summed E-state index contributed by atoms with van der Waals surface area (Å²) < 4.78 is 5.56. The maximum absolute atomic E-state index is 13.0. The molecule has 0 aliphatic carbocycles. The Kier molecular flexibility index (Phi) is 7.04. The number of aromatic amines is 1. The second-order valence-electron chi connectivity index (χ2n) is 7.76. The number of aromatic nitrogens is 2. The molecule has 1 unspecified atom stereocenters. The molecule has 0 saturated carbocycles. The summed E-state index contributed by atoms with van der Waals surface area (Å²) in [6.07, 6.45) is -1.05. The van der Waals surface area contributed by atoms with Gasteiger partial charge in [-0.05, 0) is 36.8 Å². The fourth-order valence-electron chi connectivity index (χ4n) is 3.44. The van der Waals surface area contributed by atoms with E-state index < -0.39 is 18.0 Å². The minimum atomic E-state index is -1.16. The molecule has 4 aromatic rings. The number of amides is 1. The van der Waals surface area contributed by atoms with Crippen LogP contribution in [0, 0.1) is 6.92 Å². The number of rotatable bonds is 7. The number of para-hydroxylation sites is 1. The molecule has 34 heavy (non-hydrogen) atoms. The fourth-order valence-corrected chi connectivity index (χ4v) is 3.62. The van der Waals surface area contributed by atoms with Crippen molar-refractivity contribution < 1.29 is 14.3 Å². The number of ether oxygens (including phenoxy) is 1.